The van der Waals surface area contributed by atoms with Gasteiger partial charge >= 0.3 is 0 Å². The van der Waals surface area contributed by atoms with Crippen LogP contribution in [-0.2, 0) is 13.6 Å². The fraction of sp³-hybridized carbons (Fsp3) is 0.133. The molecule has 2 aromatic heterocycles. The van der Waals surface area contributed by atoms with Gasteiger partial charge in [0.25, 0.3) is 5.91 Å². The third kappa shape index (κ3) is 2.07. The number of aromatic nitrogens is 1. The van der Waals surface area contributed by atoms with E-state index in [0.29, 0.717) is 28.9 Å². The molecule has 5 heteroatoms. The average Bonchev–Trinajstić information content (AvgIpc) is 3.06. The van der Waals surface area contributed by atoms with Crippen LogP contribution in [0.15, 0.2) is 47.1 Å². The summed E-state index contributed by atoms with van der Waals surface area (Å²) in [5, 5.41) is 3.19. The number of aryl methyl sites for hydroxylation is 1. The Kier molecular flexibility index (Phi) is 3.02. The van der Waals surface area contributed by atoms with Crippen LogP contribution in [0.3, 0.4) is 0 Å². The largest absolute Gasteiger partial charge is 0.467 e. The van der Waals surface area contributed by atoms with Gasteiger partial charge in [-0.05, 0) is 30.3 Å². The molecule has 0 unspecified atom stereocenters. The molecule has 0 spiro atoms. The molecular weight excluding hydrogens is 259 g/mol. The van der Waals surface area contributed by atoms with Gasteiger partial charge in [-0.3, -0.25) is 4.79 Å². The second-order valence-corrected chi connectivity index (χ2v) is 4.52. The lowest BCUT2D eigenvalue weighted by Gasteiger charge is -2.05. The molecule has 0 saturated carbocycles. The highest BCUT2D eigenvalue weighted by molar-refractivity contribution is 5.98. The number of halogens is 1. The molecule has 2 heterocycles. The minimum Gasteiger partial charge on any atom is -0.467 e. The number of amides is 1. The Hall–Kier alpha value is -2.56. The van der Waals surface area contributed by atoms with Gasteiger partial charge in [-0.15, -0.1) is 0 Å². The molecule has 0 aliphatic rings. The minimum atomic E-state index is -0.330. The predicted molar refractivity (Wildman–Crippen MR) is 72.8 cm³/mol. The van der Waals surface area contributed by atoms with E-state index in [-0.39, 0.29) is 11.7 Å². The number of hydrogen-bond acceptors (Lipinski definition) is 2. The maximum absolute atomic E-state index is 13.7. The Morgan fingerprint density at radius 1 is 1.35 bits per heavy atom. The lowest BCUT2D eigenvalue weighted by Crippen LogP contribution is -2.24. The Morgan fingerprint density at radius 3 is 2.90 bits per heavy atom. The first-order valence-electron chi connectivity index (χ1n) is 6.21. The summed E-state index contributed by atoms with van der Waals surface area (Å²) >= 11 is 0. The first-order valence-corrected chi connectivity index (χ1v) is 6.21. The number of nitrogens with zero attached hydrogens (tertiary/aromatic N) is 1. The van der Waals surface area contributed by atoms with Crippen LogP contribution in [0, 0.1) is 5.82 Å². The maximum Gasteiger partial charge on any atom is 0.268 e. The molecule has 0 atom stereocenters. The van der Waals surface area contributed by atoms with Crippen LogP contribution in [0.4, 0.5) is 4.39 Å². The van der Waals surface area contributed by atoms with Gasteiger partial charge in [0.15, 0.2) is 0 Å². The van der Waals surface area contributed by atoms with Gasteiger partial charge in [0.2, 0.25) is 0 Å². The van der Waals surface area contributed by atoms with Crippen LogP contribution in [0.25, 0.3) is 10.9 Å². The molecule has 0 aliphatic carbocycles. The molecule has 0 radical (unpaired) electrons. The van der Waals surface area contributed by atoms with Crippen LogP contribution in [-0.4, -0.2) is 10.5 Å². The van der Waals surface area contributed by atoms with E-state index in [1.54, 1.807) is 48.2 Å². The molecule has 1 N–H and O–H groups in total. The number of benzene rings is 1. The lowest BCUT2D eigenvalue weighted by atomic mass is 10.2. The Morgan fingerprint density at radius 2 is 2.20 bits per heavy atom. The van der Waals surface area contributed by atoms with E-state index in [1.807, 2.05) is 0 Å². The molecule has 1 amide bonds. The first-order chi connectivity index (χ1) is 9.66. The van der Waals surface area contributed by atoms with Crippen molar-refractivity contribution in [1.29, 1.82) is 0 Å². The number of carbonyl (C=O) groups excluding carboxylic acids is 1. The van der Waals surface area contributed by atoms with E-state index in [0.717, 1.165) is 0 Å². The zero-order valence-electron chi connectivity index (χ0n) is 10.9. The van der Waals surface area contributed by atoms with E-state index in [1.165, 1.54) is 6.07 Å². The van der Waals surface area contributed by atoms with Crippen LogP contribution in [0.2, 0.25) is 0 Å². The molecular formula is C15H13FN2O2. The summed E-state index contributed by atoms with van der Waals surface area (Å²) < 4.78 is 20.5. The van der Waals surface area contributed by atoms with Gasteiger partial charge in [0, 0.05) is 12.4 Å². The fourth-order valence-corrected chi connectivity index (χ4v) is 2.21. The summed E-state index contributed by atoms with van der Waals surface area (Å²) in [7, 11) is 1.74. The standard InChI is InChI=1S/C15H13FN2O2/c1-18-13-6-2-5-12(16)11(13)8-14(18)15(19)17-9-10-4-3-7-20-10/h2-8H,9H2,1H3,(H,17,19). The summed E-state index contributed by atoms with van der Waals surface area (Å²) in [6, 6.07) is 9.88. The number of furan rings is 1. The third-order valence-corrected chi connectivity index (χ3v) is 3.27. The number of nitrogens with one attached hydrogen (secondary N) is 1. The smallest absolute Gasteiger partial charge is 0.268 e. The summed E-state index contributed by atoms with van der Waals surface area (Å²) in [6.45, 7) is 0.301. The molecule has 4 nitrogen and oxygen atoms in total. The Bertz CT molecular complexity index is 760. The van der Waals surface area contributed by atoms with Crippen molar-refractivity contribution in [1.82, 2.24) is 9.88 Å². The van der Waals surface area contributed by atoms with Crippen LogP contribution in [0.5, 0.6) is 0 Å². The molecule has 3 aromatic rings. The van der Waals surface area contributed by atoms with Crippen molar-refractivity contribution >= 4 is 16.8 Å². The highest BCUT2D eigenvalue weighted by Gasteiger charge is 2.15. The van der Waals surface area contributed by atoms with E-state index >= 15 is 0 Å². The fourth-order valence-electron chi connectivity index (χ4n) is 2.21. The van der Waals surface area contributed by atoms with Gasteiger partial charge in [-0.25, -0.2) is 4.39 Å². The van der Waals surface area contributed by atoms with Crippen LogP contribution < -0.4 is 5.32 Å². The Balaban J connectivity index is 1.88. The summed E-state index contributed by atoms with van der Waals surface area (Å²) in [5.41, 5.74) is 1.10. The Labute approximate surface area is 114 Å². The highest BCUT2D eigenvalue weighted by atomic mass is 19.1. The highest BCUT2D eigenvalue weighted by Crippen LogP contribution is 2.21. The number of rotatable bonds is 3. The maximum atomic E-state index is 13.7. The van der Waals surface area contributed by atoms with Crippen molar-refractivity contribution in [3.63, 3.8) is 0 Å². The predicted octanol–water partition coefficient (Wildman–Crippen LogP) is 2.84. The second kappa shape index (κ2) is 4.85. The zero-order chi connectivity index (χ0) is 14.1. The van der Waals surface area contributed by atoms with Crippen LogP contribution >= 0.6 is 0 Å². The van der Waals surface area contributed by atoms with E-state index in [9.17, 15) is 9.18 Å². The van der Waals surface area contributed by atoms with E-state index < -0.39 is 0 Å². The summed E-state index contributed by atoms with van der Waals surface area (Å²) in [4.78, 5) is 12.1. The number of hydrogen-bond donors (Lipinski definition) is 1. The van der Waals surface area contributed by atoms with Crippen molar-refractivity contribution < 1.29 is 13.6 Å². The molecule has 0 saturated heterocycles. The van der Waals surface area contributed by atoms with Gasteiger partial charge in [-0.2, -0.15) is 0 Å². The molecule has 0 bridgehead atoms. The van der Waals surface area contributed by atoms with Gasteiger partial charge in [0.1, 0.15) is 17.3 Å². The quantitative estimate of drug-likeness (QED) is 0.797. The molecule has 0 aliphatic heterocycles. The van der Waals surface area contributed by atoms with Gasteiger partial charge < -0.3 is 14.3 Å². The topological polar surface area (TPSA) is 47.2 Å². The average molecular weight is 272 g/mol. The van der Waals surface area contributed by atoms with E-state index in [2.05, 4.69) is 5.32 Å². The van der Waals surface area contributed by atoms with Crippen molar-refractivity contribution in [2.75, 3.05) is 0 Å². The molecule has 3 rings (SSSR count). The molecule has 102 valence electrons. The SMILES string of the molecule is Cn1c(C(=O)NCc2ccco2)cc2c(F)cccc21. The molecule has 20 heavy (non-hydrogen) atoms. The summed E-state index contributed by atoms with van der Waals surface area (Å²) in [5.74, 6) is 0.0750. The summed E-state index contributed by atoms with van der Waals surface area (Å²) in [6.07, 6.45) is 1.55. The van der Waals surface area contributed by atoms with Crippen molar-refractivity contribution in [3.05, 3.63) is 59.9 Å². The van der Waals surface area contributed by atoms with Gasteiger partial charge in [0.05, 0.1) is 18.3 Å². The van der Waals surface area contributed by atoms with Gasteiger partial charge in [-0.1, -0.05) is 6.07 Å². The minimum absolute atomic E-state index is 0.264. The van der Waals surface area contributed by atoms with E-state index in [4.69, 9.17) is 4.42 Å². The molecule has 1 aromatic carbocycles. The van der Waals surface area contributed by atoms with Crippen molar-refractivity contribution in [3.8, 4) is 0 Å². The van der Waals surface area contributed by atoms with Crippen LogP contribution in [0.1, 0.15) is 16.2 Å². The second-order valence-electron chi connectivity index (χ2n) is 4.52. The monoisotopic (exact) mass is 272 g/mol. The first kappa shape index (κ1) is 12.5. The normalized spacial score (nSPS) is 10.9. The lowest BCUT2D eigenvalue weighted by molar-refractivity contribution is 0.0940. The van der Waals surface area contributed by atoms with Crippen molar-refractivity contribution in [2.24, 2.45) is 7.05 Å². The zero-order valence-corrected chi connectivity index (χ0v) is 10.9. The number of fused-ring (bicyclic) bond motifs is 1. The third-order valence-electron chi connectivity index (χ3n) is 3.27. The van der Waals surface area contributed by atoms with Crippen molar-refractivity contribution in [2.45, 2.75) is 6.54 Å². The molecule has 0 fully saturated rings. The number of carbonyl (C=O) groups is 1.